The van der Waals surface area contributed by atoms with E-state index in [0.29, 0.717) is 17.1 Å². The number of nitrogens with zero attached hydrogens (tertiary/aromatic N) is 2. The Balaban J connectivity index is 2.09. The number of aromatic nitrogens is 2. The van der Waals surface area contributed by atoms with Crippen molar-refractivity contribution in [3.63, 3.8) is 0 Å². The SMILES string of the molecule is CC(=O)Nc1ccc(C(=O)Nc2cc(C)nn2C)cc1. The molecule has 0 spiro atoms. The van der Waals surface area contributed by atoms with Crippen LogP contribution in [0.15, 0.2) is 30.3 Å². The summed E-state index contributed by atoms with van der Waals surface area (Å²) in [6.07, 6.45) is 0. The van der Waals surface area contributed by atoms with Gasteiger partial charge < -0.3 is 10.6 Å². The molecule has 6 nitrogen and oxygen atoms in total. The summed E-state index contributed by atoms with van der Waals surface area (Å²) in [7, 11) is 1.77. The van der Waals surface area contributed by atoms with Crippen molar-refractivity contribution in [2.24, 2.45) is 7.05 Å². The van der Waals surface area contributed by atoms with Gasteiger partial charge in [-0.2, -0.15) is 5.10 Å². The maximum atomic E-state index is 12.1. The summed E-state index contributed by atoms with van der Waals surface area (Å²) in [6, 6.07) is 8.48. The van der Waals surface area contributed by atoms with Gasteiger partial charge >= 0.3 is 0 Å². The van der Waals surface area contributed by atoms with E-state index in [1.165, 1.54) is 6.92 Å². The van der Waals surface area contributed by atoms with Crippen LogP contribution in [-0.2, 0) is 11.8 Å². The molecule has 0 aliphatic heterocycles. The van der Waals surface area contributed by atoms with Crippen molar-refractivity contribution in [1.29, 1.82) is 0 Å². The van der Waals surface area contributed by atoms with E-state index in [9.17, 15) is 9.59 Å². The van der Waals surface area contributed by atoms with Gasteiger partial charge in [0.15, 0.2) is 0 Å². The Kier molecular flexibility index (Phi) is 3.84. The van der Waals surface area contributed by atoms with Crippen molar-refractivity contribution >= 4 is 23.3 Å². The number of carbonyl (C=O) groups excluding carboxylic acids is 2. The van der Waals surface area contributed by atoms with Gasteiger partial charge in [-0.05, 0) is 31.2 Å². The second kappa shape index (κ2) is 5.56. The quantitative estimate of drug-likeness (QED) is 0.896. The number of amides is 2. The van der Waals surface area contributed by atoms with Gasteiger partial charge in [-0.25, -0.2) is 0 Å². The number of nitrogens with one attached hydrogen (secondary N) is 2. The summed E-state index contributed by atoms with van der Waals surface area (Å²) in [6.45, 7) is 3.29. The Morgan fingerprint density at radius 3 is 2.30 bits per heavy atom. The molecule has 1 heterocycles. The third kappa shape index (κ3) is 3.23. The van der Waals surface area contributed by atoms with Gasteiger partial charge in [0.05, 0.1) is 5.69 Å². The van der Waals surface area contributed by atoms with E-state index in [0.717, 1.165) is 5.69 Å². The van der Waals surface area contributed by atoms with Gasteiger partial charge in [0, 0.05) is 31.3 Å². The highest BCUT2D eigenvalue weighted by molar-refractivity contribution is 6.04. The Morgan fingerprint density at radius 2 is 1.80 bits per heavy atom. The maximum Gasteiger partial charge on any atom is 0.256 e. The predicted octanol–water partition coefficient (Wildman–Crippen LogP) is 1.94. The van der Waals surface area contributed by atoms with Crippen LogP contribution in [-0.4, -0.2) is 21.6 Å². The van der Waals surface area contributed by atoms with E-state index >= 15 is 0 Å². The molecular formula is C14H16N4O2. The van der Waals surface area contributed by atoms with Crippen LogP contribution in [0.2, 0.25) is 0 Å². The van der Waals surface area contributed by atoms with E-state index in [4.69, 9.17) is 0 Å². The van der Waals surface area contributed by atoms with Crippen LogP contribution in [0, 0.1) is 6.92 Å². The molecular weight excluding hydrogens is 256 g/mol. The summed E-state index contributed by atoms with van der Waals surface area (Å²) in [5.41, 5.74) is 2.01. The minimum atomic E-state index is -0.220. The van der Waals surface area contributed by atoms with Crippen molar-refractivity contribution in [2.45, 2.75) is 13.8 Å². The minimum absolute atomic E-state index is 0.146. The molecule has 1 aromatic carbocycles. The van der Waals surface area contributed by atoms with Gasteiger partial charge in [-0.15, -0.1) is 0 Å². The van der Waals surface area contributed by atoms with Crippen LogP contribution in [0.1, 0.15) is 23.0 Å². The summed E-state index contributed by atoms with van der Waals surface area (Å²) in [5.74, 6) is 0.272. The van der Waals surface area contributed by atoms with E-state index in [1.807, 2.05) is 6.92 Å². The molecule has 2 rings (SSSR count). The molecule has 0 radical (unpaired) electrons. The molecule has 0 saturated heterocycles. The Hall–Kier alpha value is -2.63. The third-order valence-corrected chi connectivity index (χ3v) is 2.71. The molecule has 6 heteroatoms. The minimum Gasteiger partial charge on any atom is -0.326 e. The smallest absolute Gasteiger partial charge is 0.256 e. The van der Waals surface area contributed by atoms with Crippen molar-refractivity contribution < 1.29 is 9.59 Å². The lowest BCUT2D eigenvalue weighted by Crippen LogP contribution is -2.14. The second-order valence-corrected chi connectivity index (χ2v) is 4.51. The number of hydrogen-bond acceptors (Lipinski definition) is 3. The highest BCUT2D eigenvalue weighted by Gasteiger charge is 2.09. The third-order valence-electron chi connectivity index (χ3n) is 2.71. The highest BCUT2D eigenvalue weighted by Crippen LogP contribution is 2.13. The highest BCUT2D eigenvalue weighted by atomic mass is 16.2. The Morgan fingerprint density at radius 1 is 1.15 bits per heavy atom. The van der Waals surface area contributed by atoms with Gasteiger partial charge in [-0.3, -0.25) is 14.3 Å². The van der Waals surface area contributed by atoms with Crippen LogP contribution < -0.4 is 10.6 Å². The topological polar surface area (TPSA) is 76.0 Å². The standard InChI is InChI=1S/C14H16N4O2/c1-9-8-13(18(3)17-9)16-14(20)11-4-6-12(7-5-11)15-10(2)19/h4-8H,1-3H3,(H,15,19)(H,16,20). The van der Waals surface area contributed by atoms with E-state index in [-0.39, 0.29) is 11.8 Å². The Bertz CT molecular complexity index is 644. The van der Waals surface area contributed by atoms with Gasteiger partial charge in [0.1, 0.15) is 5.82 Å². The zero-order valence-electron chi connectivity index (χ0n) is 11.6. The molecule has 2 amide bonds. The number of rotatable bonds is 3. The number of anilines is 2. The van der Waals surface area contributed by atoms with Crippen LogP contribution >= 0.6 is 0 Å². The summed E-state index contributed by atoms with van der Waals surface area (Å²) >= 11 is 0. The molecule has 2 aromatic rings. The van der Waals surface area contributed by atoms with E-state index in [2.05, 4.69) is 15.7 Å². The molecule has 0 aliphatic rings. The molecule has 1 aromatic heterocycles. The molecule has 0 saturated carbocycles. The van der Waals surface area contributed by atoms with Crippen molar-refractivity contribution in [2.75, 3.05) is 10.6 Å². The van der Waals surface area contributed by atoms with Crippen LogP contribution in [0.3, 0.4) is 0 Å². The number of carbonyl (C=O) groups is 2. The normalized spacial score (nSPS) is 10.2. The second-order valence-electron chi connectivity index (χ2n) is 4.51. The zero-order valence-corrected chi connectivity index (χ0v) is 11.6. The number of hydrogen-bond donors (Lipinski definition) is 2. The molecule has 0 fully saturated rings. The van der Waals surface area contributed by atoms with E-state index in [1.54, 1.807) is 42.1 Å². The zero-order chi connectivity index (χ0) is 14.7. The molecule has 0 bridgehead atoms. The number of aryl methyl sites for hydroxylation is 2. The number of benzene rings is 1. The van der Waals surface area contributed by atoms with Gasteiger partial charge in [-0.1, -0.05) is 0 Å². The largest absolute Gasteiger partial charge is 0.326 e. The predicted molar refractivity (Wildman–Crippen MR) is 76.6 cm³/mol. The lowest BCUT2D eigenvalue weighted by Gasteiger charge is -2.06. The lowest BCUT2D eigenvalue weighted by molar-refractivity contribution is -0.114. The average molecular weight is 272 g/mol. The molecule has 0 unspecified atom stereocenters. The fourth-order valence-electron chi connectivity index (χ4n) is 1.82. The monoisotopic (exact) mass is 272 g/mol. The average Bonchev–Trinajstić information content (AvgIpc) is 2.68. The molecule has 104 valence electrons. The van der Waals surface area contributed by atoms with Crippen LogP contribution in [0.25, 0.3) is 0 Å². The maximum absolute atomic E-state index is 12.1. The van der Waals surface area contributed by atoms with Crippen molar-refractivity contribution in [3.8, 4) is 0 Å². The fraction of sp³-hybridized carbons (Fsp3) is 0.214. The van der Waals surface area contributed by atoms with Crippen LogP contribution in [0.4, 0.5) is 11.5 Å². The first-order chi connectivity index (χ1) is 9.45. The summed E-state index contributed by atoms with van der Waals surface area (Å²) in [4.78, 5) is 23.0. The van der Waals surface area contributed by atoms with Gasteiger partial charge in [0.2, 0.25) is 5.91 Å². The van der Waals surface area contributed by atoms with Crippen molar-refractivity contribution in [1.82, 2.24) is 9.78 Å². The fourth-order valence-corrected chi connectivity index (χ4v) is 1.82. The summed E-state index contributed by atoms with van der Waals surface area (Å²) < 4.78 is 1.61. The lowest BCUT2D eigenvalue weighted by atomic mass is 10.2. The molecule has 0 atom stereocenters. The first-order valence-electron chi connectivity index (χ1n) is 6.15. The van der Waals surface area contributed by atoms with Crippen molar-refractivity contribution in [3.05, 3.63) is 41.6 Å². The molecule has 2 N–H and O–H groups in total. The van der Waals surface area contributed by atoms with Gasteiger partial charge in [0.25, 0.3) is 5.91 Å². The van der Waals surface area contributed by atoms with E-state index < -0.39 is 0 Å². The van der Waals surface area contributed by atoms with Crippen LogP contribution in [0.5, 0.6) is 0 Å². The first kappa shape index (κ1) is 13.8. The molecule has 20 heavy (non-hydrogen) atoms. The first-order valence-corrected chi connectivity index (χ1v) is 6.15. The Labute approximate surface area is 116 Å². The molecule has 0 aliphatic carbocycles. The summed E-state index contributed by atoms with van der Waals surface area (Å²) in [5, 5.41) is 9.59.